The molecule has 136 valence electrons. The first-order valence-corrected chi connectivity index (χ1v) is 7.65. The van der Waals surface area contributed by atoms with E-state index in [9.17, 15) is 4.79 Å². The molecule has 7 nitrogen and oxygen atoms in total. The Balaban J connectivity index is 0.00000288. The van der Waals surface area contributed by atoms with Crippen molar-refractivity contribution in [2.75, 3.05) is 40.5 Å². The van der Waals surface area contributed by atoms with Gasteiger partial charge in [-0.3, -0.25) is 9.69 Å². The molecule has 1 aromatic rings. The van der Waals surface area contributed by atoms with Gasteiger partial charge in [0, 0.05) is 32.2 Å². The molecule has 0 spiro atoms. The number of benzene rings is 1. The summed E-state index contributed by atoms with van der Waals surface area (Å²) in [5, 5.41) is 3.42. The molecule has 1 fully saturated rings. The summed E-state index contributed by atoms with van der Waals surface area (Å²) in [5.41, 5.74) is 6.20. The Hall–Kier alpha value is -1.70. The van der Waals surface area contributed by atoms with Gasteiger partial charge in [-0.2, -0.15) is 0 Å². The quantitative estimate of drug-likeness (QED) is 0.748. The monoisotopic (exact) mass is 359 g/mol. The van der Waals surface area contributed by atoms with Crippen LogP contribution in [0.3, 0.4) is 0 Å². The van der Waals surface area contributed by atoms with Crippen molar-refractivity contribution in [2.24, 2.45) is 5.73 Å². The zero-order valence-corrected chi connectivity index (χ0v) is 15.1. The summed E-state index contributed by atoms with van der Waals surface area (Å²) in [7, 11) is 3.12. The Morgan fingerprint density at radius 3 is 2.46 bits per heavy atom. The summed E-state index contributed by atoms with van der Waals surface area (Å²) in [6, 6.07) is 4.29. The molecule has 2 rings (SSSR count). The van der Waals surface area contributed by atoms with Gasteiger partial charge < -0.3 is 25.3 Å². The largest absolute Gasteiger partial charge is 0.493 e. The Bertz CT molecular complexity index is 531. The number of piperazine rings is 1. The van der Waals surface area contributed by atoms with Crippen LogP contribution >= 0.6 is 12.4 Å². The van der Waals surface area contributed by atoms with Gasteiger partial charge in [0.25, 0.3) is 5.91 Å². The highest BCUT2D eigenvalue weighted by Gasteiger charge is 2.19. The summed E-state index contributed by atoms with van der Waals surface area (Å²) in [4.78, 5) is 13.3. The van der Waals surface area contributed by atoms with Crippen LogP contribution in [0.25, 0.3) is 0 Å². The maximum Gasteiger partial charge on any atom is 0.255 e. The summed E-state index contributed by atoms with van der Waals surface area (Å²) in [6.45, 7) is 5.72. The van der Waals surface area contributed by atoms with E-state index >= 15 is 0 Å². The van der Waals surface area contributed by atoms with Crippen LogP contribution in [0.5, 0.6) is 17.2 Å². The molecule has 0 radical (unpaired) electrons. The van der Waals surface area contributed by atoms with Gasteiger partial charge in [0.2, 0.25) is 5.75 Å². The number of methoxy groups -OCH3 is 2. The minimum Gasteiger partial charge on any atom is -0.493 e. The average Bonchev–Trinajstić information content (AvgIpc) is 2.52. The Morgan fingerprint density at radius 1 is 1.33 bits per heavy atom. The standard InChI is InChI=1S/C16H25N3O4.ClH/c1-11-8-19(5-4-18-11)9-12-6-13(21-2)16(14(7-12)22-3)23-10-15(17)20;/h6-7,11,18H,4-5,8-10H2,1-3H3,(H2,17,20);1H/t11-;/m1./s1. The first-order chi connectivity index (χ1) is 11.0. The minimum absolute atomic E-state index is 0. The number of rotatable bonds is 7. The number of nitrogens with one attached hydrogen (secondary N) is 1. The van der Waals surface area contributed by atoms with Crippen molar-refractivity contribution in [1.29, 1.82) is 0 Å². The second kappa shape index (κ2) is 9.56. The minimum atomic E-state index is -0.548. The number of carbonyl (C=O) groups is 1. The predicted octanol–water partition coefficient (Wildman–Crippen LogP) is 0.783. The van der Waals surface area contributed by atoms with Crippen LogP contribution in [0.1, 0.15) is 12.5 Å². The van der Waals surface area contributed by atoms with Crippen molar-refractivity contribution in [3.8, 4) is 17.2 Å². The van der Waals surface area contributed by atoms with E-state index in [-0.39, 0.29) is 19.0 Å². The van der Waals surface area contributed by atoms with Crippen molar-refractivity contribution in [3.63, 3.8) is 0 Å². The zero-order valence-electron chi connectivity index (χ0n) is 14.3. The maximum absolute atomic E-state index is 10.9. The van der Waals surface area contributed by atoms with Gasteiger partial charge in [0.05, 0.1) is 14.2 Å². The van der Waals surface area contributed by atoms with Gasteiger partial charge in [0.1, 0.15) is 0 Å². The molecule has 0 aliphatic carbocycles. The maximum atomic E-state index is 10.9. The Kier molecular flexibility index (Phi) is 8.10. The topological polar surface area (TPSA) is 86.1 Å². The molecule has 3 N–H and O–H groups in total. The van der Waals surface area contributed by atoms with Gasteiger partial charge >= 0.3 is 0 Å². The molecule has 1 atom stereocenters. The lowest BCUT2D eigenvalue weighted by Gasteiger charge is -2.32. The lowest BCUT2D eigenvalue weighted by molar-refractivity contribution is -0.119. The second-order valence-corrected chi connectivity index (χ2v) is 5.67. The predicted molar refractivity (Wildman–Crippen MR) is 94.2 cm³/mol. The average molecular weight is 360 g/mol. The third kappa shape index (κ3) is 5.43. The van der Waals surface area contributed by atoms with Crippen LogP contribution in [0, 0.1) is 0 Å². The molecular weight excluding hydrogens is 334 g/mol. The number of hydrogen-bond donors (Lipinski definition) is 2. The number of nitrogens with zero attached hydrogens (tertiary/aromatic N) is 1. The smallest absolute Gasteiger partial charge is 0.255 e. The van der Waals surface area contributed by atoms with Crippen LogP contribution in [-0.2, 0) is 11.3 Å². The molecule has 1 aliphatic heterocycles. The van der Waals surface area contributed by atoms with Crippen molar-refractivity contribution in [3.05, 3.63) is 17.7 Å². The van der Waals surface area contributed by atoms with Crippen molar-refractivity contribution in [2.45, 2.75) is 19.5 Å². The van der Waals surface area contributed by atoms with E-state index in [1.54, 1.807) is 14.2 Å². The third-order valence-electron chi connectivity index (χ3n) is 3.74. The van der Waals surface area contributed by atoms with Crippen LogP contribution in [0.15, 0.2) is 12.1 Å². The van der Waals surface area contributed by atoms with Gasteiger partial charge in [-0.25, -0.2) is 0 Å². The van der Waals surface area contributed by atoms with E-state index in [0.29, 0.717) is 23.3 Å². The van der Waals surface area contributed by atoms with Gasteiger partial charge in [-0.15, -0.1) is 12.4 Å². The van der Waals surface area contributed by atoms with E-state index in [0.717, 1.165) is 31.7 Å². The van der Waals surface area contributed by atoms with E-state index in [1.165, 1.54) is 0 Å². The number of halogens is 1. The zero-order chi connectivity index (χ0) is 16.8. The second-order valence-electron chi connectivity index (χ2n) is 5.67. The molecule has 1 amide bonds. The molecule has 24 heavy (non-hydrogen) atoms. The summed E-state index contributed by atoms with van der Waals surface area (Å²) < 4.78 is 16.2. The van der Waals surface area contributed by atoms with Crippen LogP contribution < -0.4 is 25.3 Å². The van der Waals surface area contributed by atoms with Crippen LogP contribution in [0.2, 0.25) is 0 Å². The molecule has 0 bridgehead atoms. The van der Waals surface area contributed by atoms with Crippen molar-refractivity contribution >= 4 is 18.3 Å². The van der Waals surface area contributed by atoms with Crippen molar-refractivity contribution < 1.29 is 19.0 Å². The molecule has 1 aliphatic rings. The molecule has 8 heteroatoms. The Morgan fingerprint density at radius 2 is 1.96 bits per heavy atom. The van der Waals surface area contributed by atoms with Crippen LogP contribution in [-0.4, -0.2) is 57.3 Å². The molecule has 1 aromatic carbocycles. The van der Waals surface area contributed by atoms with Gasteiger partial charge in [-0.05, 0) is 24.6 Å². The normalized spacial score (nSPS) is 17.7. The first-order valence-electron chi connectivity index (χ1n) is 7.65. The van der Waals surface area contributed by atoms with E-state index in [4.69, 9.17) is 19.9 Å². The molecular formula is C16H26ClN3O4. The summed E-state index contributed by atoms with van der Waals surface area (Å²) in [5.74, 6) is 0.909. The fourth-order valence-electron chi connectivity index (χ4n) is 2.73. The highest BCUT2D eigenvalue weighted by Crippen LogP contribution is 2.38. The van der Waals surface area contributed by atoms with Gasteiger partial charge in [0.15, 0.2) is 18.1 Å². The SMILES string of the molecule is COc1cc(CN2CCN[C@H](C)C2)cc(OC)c1OCC(N)=O.Cl. The highest BCUT2D eigenvalue weighted by molar-refractivity contribution is 5.85. The molecule has 0 saturated carbocycles. The van der Waals surface area contributed by atoms with E-state index < -0.39 is 5.91 Å². The van der Waals surface area contributed by atoms with Gasteiger partial charge in [-0.1, -0.05) is 0 Å². The number of ether oxygens (including phenoxy) is 3. The van der Waals surface area contributed by atoms with Crippen molar-refractivity contribution in [1.82, 2.24) is 10.2 Å². The lowest BCUT2D eigenvalue weighted by Crippen LogP contribution is -2.48. The molecule has 0 unspecified atom stereocenters. The van der Waals surface area contributed by atoms with E-state index in [2.05, 4.69) is 17.1 Å². The first kappa shape index (κ1) is 20.3. The molecule has 1 saturated heterocycles. The number of amides is 1. The fourth-order valence-corrected chi connectivity index (χ4v) is 2.73. The van der Waals surface area contributed by atoms with Crippen LogP contribution in [0.4, 0.5) is 0 Å². The van der Waals surface area contributed by atoms with E-state index in [1.807, 2.05) is 12.1 Å². The summed E-state index contributed by atoms with van der Waals surface area (Å²) in [6.07, 6.45) is 0. The summed E-state index contributed by atoms with van der Waals surface area (Å²) >= 11 is 0. The molecule has 0 aromatic heterocycles. The number of nitrogens with two attached hydrogens (primary N) is 1. The molecule has 1 heterocycles. The fraction of sp³-hybridized carbons (Fsp3) is 0.562. The highest BCUT2D eigenvalue weighted by atomic mass is 35.5. The Labute approximate surface area is 148 Å². The number of carbonyl (C=O) groups excluding carboxylic acids is 1. The number of primary amides is 1. The third-order valence-corrected chi connectivity index (χ3v) is 3.74. The lowest BCUT2D eigenvalue weighted by atomic mass is 10.1. The number of hydrogen-bond acceptors (Lipinski definition) is 6.